The normalized spacial score (nSPS) is 11.2. The van der Waals surface area contributed by atoms with Crippen LogP contribution in [0.4, 0.5) is 0 Å². The molecule has 0 atom stereocenters. The van der Waals surface area contributed by atoms with Crippen molar-refractivity contribution in [2.75, 3.05) is 0 Å². The van der Waals surface area contributed by atoms with Gasteiger partial charge in [-0.15, -0.1) is 0 Å². The first-order valence-corrected chi connectivity index (χ1v) is 18.6. The van der Waals surface area contributed by atoms with Crippen molar-refractivity contribution in [3.8, 4) is 40.2 Å². The number of rotatable bonds is 12. The molecule has 7 aromatic rings. The van der Waals surface area contributed by atoms with E-state index in [1.165, 1.54) is 0 Å². The van der Waals surface area contributed by atoms with Crippen LogP contribution in [0, 0.1) is 27.7 Å². The fourth-order valence-electron chi connectivity index (χ4n) is 5.52. The van der Waals surface area contributed by atoms with Crippen molar-refractivity contribution in [3.63, 3.8) is 0 Å². The lowest BCUT2D eigenvalue weighted by atomic mass is 10.0. The highest BCUT2D eigenvalue weighted by atomic mass is 31.2. The number of fused-ring (bicyclic) bond motifs is 2. The predicted molar refractivity (Wildman–Crippen MR) is 205 cm³/mol. The first kappa shape index (κ1) is 34.0. The molecule has 0 aliphatic heterocycles. The van der Waals surface area contributed by atoms with Gasteiger partial charge in [0.05, 0.1) is 10.8 Å². The molecule has 7 aromatic carbocycles. The topological polar surface area (TPSA) is 75.6 Å². The maximum atomic E-state index is 12.1. The summed E-state index contributed by atoms with van der Waals surface area (Å²) in [7, 11) is -4.03. The van der Waals surface area contributed by atoms with E-state index in [4.69, 9.17) is 27.1 Å². The third kappa shape index (κ3) is 7.66. The molecule has 0 aliphatic rings. The lowest BCUT2D eigenvalue weighted by molar-refractivity contribution is 0.387. The third-order valence-electron chi connectivity index (χ3n) is 8.31. The predicted octanol–water partition coefficient (Wildman–Crippen LogP) is 12.5. The van der Waals surface area contributed by atoms with Crippen LogP contribution in [-0.2, 0) is 0 Å². The van der Waals surface area contributed by atoms with Gasteiger partial charge in [-0.3, -0.25) is 0 Å². The molecule has 256 valence electrons. The molecule has 1 N–H and O–H groups in total. The molecule has 0 amide bonds. The highest BCUT2D eigenvalue weighted by Crippen LogP contribution is 2.51. The van der Waals surface area contributed by atoms with Gasteiger partial charge in [0.1, 0.15) is 40.2 Å². The maximum absolute atomic E-state index is 12.1. The average Bonchev–Trinajstić information content (AvgIpc) is 3.12. The number of benzene rings is 7. The number of hydrogen-bond donors (Lipinski definition) is 1. The molecule has 0 saturated heterocycles. The molecular weight excluding hydrogens is 678 g/mol. The second-order valence-corrected chi connectivity index (χ2v) is 14.0. The molecule has 7 rings (SSSR count). The van der Waals surface area contributed by atoms with Crippen molar-refractivity contribution < 1.29 is 32.2 Å². The Balaban J connectivity index is 1.29. The van der Waals surface area contributed by atoms with Gasteiger partial charge in [0.15, 0.2) is 0 Å². The lowest BCUT2D eigenvalue weighted by Gasteiger charge is -2.22. The van der Waals surface area contributed by atoms with Crippen LogP contribution in [0.1, 0.15) is 22.3 Å². The zero-order valence-electron chi connectivity index (χ0n) is 28.6. The van der Waals surface area contributed by atoms with E-state index in [0.717, 1.165) is 33.0 Å². The van der Waals surface area contributed by atoms with Gasteiger partial charge in [0.25, 0.3) is 0 Å². The molecule has 0 saturated carbocycles. The number of para-hydroxylation sites is 4. The Morgan fingerprint density at radius 2 is 0.627 bits per heavy atom. The van der Waals surface area contributed by atoms with Gasteiger partial charge in [-0.1, -0.05) is 97.1 Å². The molecule has 7 nitrogen and oxygen atoms in total. The number of phenolic OH excluding ortho intramolecular Hbond substituents is 1. The van der Waals surface area contributed by atoms with Gasteiger partial charge in [-0.05, 0) is 103 Å². The van der Waals surface area contributed by atoms with E-state index >= 15 is 0 Å². The lowest BCUT2D eigenvalue weighted by Crippen LogP contribution is -2.05. The van der Waals surface area contributed by atoms with Crippen molar-refractivity contribution in [2.24, 2.45) is 0 Å². The van der Waals surface area contributed by atoms with Crippen molar-refractivity contribution >= 4 is 38.7 Å². The van der Waals surface area contributed by atoms with Crippen molar-refractivity contribution in [2.45, 2.75) is 27.7 Å². The van der Waals surface area contributed by atoms with E-state index in [0.29, 0.717) is 45.3 Å². The maximum Gasteiger partial charge on any atom is 0.530 e. The van der Waals surface area contributed by atoms with E-state index < -0.39 is 17.2 Å². The molecule has 0 aliphatic carbocycles. The van der Waals surface area contributed by atoms with Crippen molar-refractivity contribution in [1.29, 1.82) is 0 Å². The first-order chi connectivity index (χ1) is 24.8. The summed E-state index contributed by atoms with van der Waals surface area (Å²) in [6.45, 7) is 7.87. The molecular formula is C42H36O7P2. The smallest absolute Gasteiger partial charge is 0.506 e. The van der Waals surface area contributed by atoms with Gasteiger partial charge in [0.2, 0.25) is 0 Å². The summed E-state index contributed by atoms with van der Waals surface area (Å²) in [5.41, 5.74) is 3.75. The van der Waals surface area contributed by atoms with Crippen LogP contribution in [0.15, 0.2) is 140 Å². The average molecular weight is 715 g/mol. The van der Waals surface area contributed by atoms with Crippen molar-refractivity contribution in [1.82, 2.24) is 0 Å². The Hall–Kier alpha value is -5.48. The summed E-state index contributed by atoms with van der Waals surface area (Å²) in [5, 5.41) is 14.6. The molecule has 0 aromatic heterocycles. The highest BCUT2D eigenvalue weighted by Gasteiger charge is 2.27. The summed E-state index contributed by atoms with van der Waals surface area (Å²) >= 11 is 0. The van der Waals surface area contributed by atoms with Gasteiger partial charge < -0.3 is 32.2 Å². The van der Waals surface area contributed by atoms with E-state index in [-0.39, 0.29) is 5.75 Å². The Bertz CT molecular complexity index is 2070. The minimum Gasteiger partial charge on any atom is -0.506 e. The number of phenols is 1. The Labute approximate surface area is 299 Å². The van der Waals surface area contributed by atoms with Crippen molar-refractivity contribution in [3.05, 3.63) is 162 Å². The summed E-state index contributed by atoms with van der Waals surface area (Å²) in [4.78, 5) is 0. The minimum absolute atomic E-state index is 0.0165. The van der Waals surface area contributed by atoms with Gasteiger partial charge in [-0.2, -0.15) is 0 Å². The molecule has 0 fully saturated rings. The first-order valence-electron chi connectivity index (χ1n) is 16.4. The molecule has 9 heteroatoms. The molecule has 0 bridgehead atoms. The summed E-state index contributed by atoms with van der Waals surface area (Å²) in [5.74, 6) is 3.32. The van der Waals surface area contributed by atoms with Crippen LogP contribution >= 0.6 is 17.2 Å². The van der Waals surface area contributed by atoms with Crippen LogP contribution < -0.4 is 27.1 Å². The highest BCUT2D eigenvalue weighted by molar-refractivity contribution is 7.43. The second-order valence-electron chi connectivity index (χ2n) is 12.0. The fraction of sp³-hybridized carbons (Fsp3) is 0.0952. The van der Waals surface area contributed by atoms with Crippen LogP contribution in [-0.4, -0.2) is 5.11 Å². The molecule has 0 spiro atoms. The van der Waals surface area contributed by atoms with Crippen LogP contribution in [0.3, 0.4) is 0 Å². The molecule has 0 radical (unpaired) electrons. The largest absolute Gasteiger partial charge is 0.530 e. The minimum atomic E-state index is -2.01. The standard InChI is InChI=1S/C42H36O7P2/c1-28-15-5-9-21-34(28)44-50(45-35-22-10-6-16-29(35)2)48-38-25-13-19-32-27-33-20-14-26-39(41(33)42(43)40(32)38)49-51(46-36-23-11-7-17-30(36)3)47-37-24-12-8-18-31(37)4/h5-27,43H,1-4H3. The van der Waals surface area contributed by atoms with Crippen LogP contribution in [0.2, 0.25) is 0 Å². The van der Waals surface area contributed by atoms with Crippen LogP contribution in [0.5, 0.6) is 40.2 Å². The van der Waals surface area contributed by atoms with Crippen LogP contribution in [0.25, 0.3) is 21.5 Å². The Morgan fingerprint density at radius 3 is 0.941 bits per heavy atom. The molecule has 0 heterocycles. The van der Waals surface area contributed by atoms with Gasteiger partial charge in [-0.25, -0.2) is 0 Å². The zero-order chi connectivity index (χ0) is 35.3. The number of aromatic hydroxyl groups is 1. The second kappa shape index (κ2) is 15.2. The monoisotopic (exact) mass is 714 g/mol. The quantitative estimate of drug-likeness (QED) is 0.0997. The summed E-state index contributed by atoms with van der Waals surface area (Å²) in [6, 6.07) is 44.0. The fourth-order valence-corrected chi connectivity index (χ4v) is 7.83. The number of hydrogen-bond acceptors (Lipinski definition) is 7. The van der Waals surface area contributed by atoms with Gasteiger partial charge >= 0.3 is 17.2 Å². The van der Waals surface area contributed by atoms with E-state index in [2.05, 4.69) is 0 Å². The zero-order valence-corrected chi connectivity index (χ0v) is 30.4. The SMILES string of the molecule is Cc1ccccc1OP(Oc1ccccc1C)Oc1cccc2cc3cccc(OP(Oc4ccccc4C)Oc4ccccc4C)c3c(O)c12. The third-order valence-corrected chi connectivity index (χ3v) is 10.4. The van der Waals surface area contributed by atoms with E-state index in [1.807, 2.05) is 155 Å². The summed E-state index contributed by atoms with van der Waals surface area (Å²) < 4.78 is 38.6. The van der Waals surface area contributed by atoms with E-state index in [9.17, 15) is 5.11 Å². The summed E-state index contributed by atoms with van der Waals surface area (Å²) in [6.07, 6.45) is 0. The molecule has 51 heavy (non-hydrogen) atoms. The van der Waals surface area contributed by atoms with E-state index in [1.54, 1.807) is 12.1 Å². The Morgan fingerprint density at radius 1 is 0.353 bits per heavy atom. The molecule has 0 unspecified atom stereocenters. The Kier molecular flexibility index (Phi) is 10.1. The van der Waals surface area contributed by atoms with Gasteiger partial charge in [0, 0.05) is 0 Å². The number of aryl methyl sites for hydroxylation is 4.